The number of nitrogens with zero attached hydrogens (tertiary/aromatic N) is 1. The average molecular weight is 307 g/mol. The highest BCUT2D eigenvalue weighted by atomic mass is 79.9. The van der Waals surface area contributed by atoms with E-state index in [1.54, 1.807) is 18.4 Å². The standard InChI is InChI=1S/C11H19BrN2OS/c1-14(5-6-15-2)4-3-13-8-11-7-10(12)9-16-11/h7,9,13H,3-6,8H2,1-2H3. The molecule has 0 bridgehead atoms. The molecule has 0 saturated heterocycles. The zero-order valence-corrected chi connectivity index (χ0v) is 12.2. The molecule has 1 N–H and O–H groups in total. The molecule has 0 aliphatic heterocycles. The Bertz CT molecular complexity index is 293. The first-order chi connectivity index (χ1) is 7.72. The fourth-order valence-electron chi connectivity index (χ4n) is 1.29. The van der Waals surface area contributed by atoms with Crippen molar-refractivity contribution in [3.05, 3.63) is 20.8 Å². The van der Waals surface area contributed by atoms with Gasteiger partial charge in [-0.15, -0.1) is 11.3 Å². The van der Waals surface area contributed by atoms with Crippen LogP contribution in [0.5, 0.6) is 0 Å². The third kappa shape index (κ3) is 5.96. The largest absolute Gasteiger partial charge is 0.383 e. The van der Waals surface area contributed by atoms with Gasteiger partial charge in [0.15, 0.2) is 0 Å². The van der Waals surface area contributed by atoms with E-state index in [0.29, 0.717) is 0 Å². The smallest absolute Gasteiger partial charge is 0.0589 e. The highest BCUT2D eigenvalue weighted by molar-refractivity contribution is 9.10. The van der Waals surface area contributed by atoms with Crippen molar-refractivity contribution < 1.29 is 4.74 Å². The van der Waals surface area contributed by atoms with Crippen molar-refractivity contribution >= 4 is 27.3 Å². The molecule has 1 heterocycles. The van der Waals surface area contributed by atoms with Gasteiger partial charge in [-0.3, -0.25) is 0 Å². The van der Waals surface area contributed by atoms with Crippen molar-refractivity contribution in [1.29, 1.82) is 0 Å². The lowest BCUT2D eigenvalue weighted by Gasteiger charge is -2.15. The summed E-state index contributed by atoms with van der Waals surface area (Å²) in [5, 5.41) is 5.54. The molecule has 1 aromatic rings. The second-order valence-corrected chi connectivity index (χ2v) is 5.62. The molecular weight excluding hydrogens is 288 g/mol. The van der Waals surface area contributed by atoms with E-state index in [2.05, 4.69) is 44.6 Å². The summed E-state index contributed by atoms with van der Waals surface area (Å²) in [7, 11) is 3.85. The Morgan fingerprint density at radius 2 is 2.31 bits per heavy atom. The van der Waals surface area contributed by atoms with E-state index < -0.39 is 0 Å². The van der Waals surface area contributed by atoms with Gasteiger partial charge in [-0.2, -0.15) is 0 Å². The van der Waals surface area contributed by atoms with E-state index in [0.717, 1.165) is 32.8 Å². The van der Waals surface area contributed by atoms with Crippen molar-refractivity contribution in [2.24, 2.45) is 0 Å². The summed E-state index contributed by atoms with van der Waals surface area (Å²) in [4.78, 5) is 3.63. The quantitative estimate of drug-likeness (QED) is 0.745. The lowest BCUT2D eigenvalue weighted by Crippen LogP contribution is -2.31. The van der Waals surface area contributed by atoms with Crippen molar-refractivity contribution in [1.82, 2.24) is 10.2 Å². The Morgan fingerprint density at radius 1 is 1.50 bits per heavy atom. The van der Waals surface area contributed by atoms with Gasteiger partial charge in [0, 0.05) is 48.0 Å². The van der Waals surface area contributed by atoms with Crippen molar-refractivity contribution in [2.45, 2.75) is 6.54 Å². The van der Waals surface area contributed by atoms with Crippen LogP contribution in [-0.2, 0) is 11.3 Å². The zero-order chi connectivity index (χ0) is 11.8. The Morgan fingerprint density at radius 3 is 2.94 bits per heavy atom. The molecule has 1 aromatic heterocycles. The Kier molecular flexibility index (Phi) is 7.23. The van der Waals surface area contributed by atoms with Crippen molar-refractivity contribution in [3.63, 3.8) is 0 Å². The number of methoxy groups -OCH3 is 1. The summed E-state index contributed by atoms with van der Waals surface area (Å²) in [6.07, 6.45) is 0. The minimum atomic E-state index is 0.800. The zero-order valence-electron chi connectivity index (χ0n) is 9.83. The molecule has 0 radical (unpaired) electrons. The molecule has 0 amide bonds. The first-order valence-electron chi connectivity index (χ1n) is 5.33. The van der Waals surface area contributed by atoms with Crippen molar-refractivity contribution in [3.8, 4) is 0 Å². The van der Waals surface area contributed by atoms with Gasteiger partial charge in [0.25, 0.3) is 0 Å². The van der Waals surface area contributed by atoms with Gasteiger partial charge >= 0.3 is 0 Å². The minimum absolute atomic E-state index is 0.800. The van der Waals surface area contributed by atoms with Gasteiger partial charge in [0.05, 0.1) is 6.61 Å². The summed E-state index contributed by atoms with van der Waals surface area (Å²) in [5.74, 6) is 0. The maximum atomic E-state index is 5.03. The highest BCUT2D eigenvalue weighted by Gasteiger charge is 1.99. The summed E-state index contributed by atoms with van der Waals surface area (Å²) in [5.41, 5.74) is 0. The van der Waals surface area contributed by atoms with Gasteiger partial charge in [-0.25, -0.2) is 0 Å². The molecule has 0 saturated carbocycles. The van der Waals surface area contributed by atoms with Crippen LogP contribution in [0.15, 0.2) is 15.9 Å². The first kappa shape index (κ1) is 14.1. The molecule has 0 fully saturated rings. The Balaban J connectivity index is 2.03. The summed E-state index contributed by atoms with van der Waals surface area (Å²) < 4.78 is 6.20. The average Bonchev–Trinajstić information content (AvgIpc) is 2.67. The number of halogens is 1. The third-order valence-corrected chi connectivity index (χ3v) is 3.97. The molecule has 0 aliphatic carbocycles. The van der Waals surface area contributed by atoms with E-state index in [9.17, 15) is 0 Å². The summed E-state index contributed by atoms with van der Waals surface area (Å²) >= 11 is 5.23. The minimum Gasteiger partial charge on any atom is -0.383 e. The van der Waals surface area contributed by atoms with Crippen LogP contribution in [0.4, 0.5) is 0 Å². The number of nitrogens with one attached hydrogen (secondary N) is 1. The number of likely N-dealkylation sites (N-methyl/N-ethyl adjacent to an activating group) is 1. The fourth-order valence-corrected chi connectivity index (χ4v) is 2.71. The van der Waals surface area contributed by atoms with Crippen molar-refractivity contribution in [2.75, 3.05) is 40.4 Å². The van der Waals surface area contributed by atoms with Gasteiger partial charge < -0.3 is 15.0 Å². The molecule has 3 nitrogen and oxygen atoms in total. The monoisotopic (exact) mass is 306 g/mol. The molecule has 0 aliphatic rings. The van der Waals surface area contributed by atoms with Crippen LogP contribution < -0.4 is 5.32 Å². The van der Waals surface area contributed by atoms with Gasteiger partial charge in [0.1, 0.15) is 0 Å². The fraction of sp³-hybridized carbons (Fsp3) is 0.636. The number of rotatable bonds is 8. The number of ether oxygens (including phenoxy) is 1. The normalized spacial score (nSPS) is 11.2. The molecule has 5 heteroatoms. The molecule has 92 valence electrons. The molecule has 0 atom stereocenters. The summed E-state index contributed by atoms with van der Waals surface area (Å²) in [6.45, 7) is 4.80. The second kappa shape index (κ2) is 8.20. The maximum absolute atomic E-state index is 5.03. The summed E-state index contributed by atoms with van der Waals surface area (Å²) in [6, 6.07) is 2.16. The molecule has 16 heavy (non-hydrogen) atoms. The number of hydrogen-bond acceptors (Lipinski definition) is 4. The maximum Gasteiger partial charge on any atom is 0.0589 e. The second-order valence-electron chi connectivity index (χ2n) is 3.70. The Hall–Kier alpha value is 0.0600. The van der Waals surface area contributed by atoms with Crippen LogP contribution in [0.25, 0.3) is 0 Å². The third-order valence-electron chi connectivity index (χ3n) is 2.27. The Labute approximate surface area is 110 Å². The van der Waals surface area contributed by atoms with E-state index >= 15 is 0 Å². The first-order valence-corrected chi connectivity index (χ1v) is 7.00. The van der Waals surface area contributed by atoms with E-state index in [4.69, 9.17) is 4.74 Å². The number of hydrogen-bond donors (Lipinski definition) is 1. The van der Waals surface area contributed by atoms with Crippen LogP contribution in [0.3, 0.4) is 0 Å². The molecule has 1 rings (SSSR count). The lowest BCUT2D eigenvalue weighted by atomic mass is 10.4. The molecule has 0 unspecified atom stereocenters. The molecule has 0 spiro atoms. The number of thiophene rings is 1. The molecular formula is C11H19BrN2OS. The van der Waals surface area contributed by atoms with E-state index in [-0.39, 0.29) is 0 Å². The SMILES string of the molecule is COCCN(C)CCNCc1cc(Br)cs1. The topological polar surface area (TPSA) is 24.5 Å². The molecule has 0 aromatic carbocycles. The van der Waals surface area contributed by atoms with Crippen LogP contribution in [-0.4, -0.2) is 45.3 Å². The van der Waals surface area contributed by atoms with Gasteiger partial charge in [-0.1, -0.05) is 0 Å². The lowest BCUT2D eigenvalue weighted by molar-refractivity contribution is 0.161. The van der Waals surface area contributed by atoms with Crippen LogP contribution >= 0.6 is 27.3 Å². The predicted molar refractivity (Wildman–Crippen MR) is 73.1 cm³/mol. The van der Waals surface area contributed by atoms with E-state index in [1.807, 2.05) is 0 Å². The van der Waals surface area contributed by atoms with Crippen LogP contribution in [0, 0.1) is 0 Å². The predicted octanol–water partition coefficient (Wildman–Crippen LogP) is 2.18. The van der Waals surface area contributed by atoms with E-state index in [1.165, 1.54) is 9.35 Å². The van der Waals surface area contributed by atoms with Gasteiger partial charge in [0.2, 0.25) is 0 Å². The highest BCUT2D eigenvalue weighted by Crippen LogP contribution is 2.19. The van der Waals surface area contributed by atoms with Crippen LogP contribution in [0.2, 0.25) is 0 Å². The van der Waals surface area contributed by atoms with Gasteiger partial charge in [-0.05, 0) is 29.0 Å². The van der Waals surface area contributed by atoms with Crippen LogP contribution in [0.1, 0.15) is 4.88 Å².